The summed E-state index contributed by atoms with van der Waals surface area (Å²) < 4.78 is 19.0. The summed E-state index contributed by atoms with van der Waals surface area (Å²) >= 11 is 0. The third-order valence-electron chi connectivity index (χ3n) is 19.5. The molecular weight excluding hydrogens is 901 g/mol. The Labute approximate surface area is 453 Å². The standard InChI is InChI=1S/C66H122N2O5/c1-10-12-14-16-18-20-22-24-26-31-51-71-64(72-52-32-27-25-23-21-19-17-15-13-11-2)43-42-62(69)68(50-34-48-67(8)9)49-30-28-29-37-63(70)73-57-44-46-65(6)56(53-57)38-39-58-60-41-40-59(55(5)36-33-35-54(3)4)66(60,7)47-45-61(58)65/h38,54-55,57-61,64H,10-37,39-53H2,1-9H3. The van der Waals surface area contributed by atoms with E-state index in [1.165, 1.54) is 167 Å². The molecule has 4 aliphatic carbocycles. The molecule has 3 fully saturated rings. The highest BCUT2D eigenvalue weighted by Crippen LogP contribution is 2.67. The normalized spacial score (nSPS) is 25.2. The molecule has 0 saturated heterocycles. The molecule has 426 valence electrons. The van der Waals surface area contributed by atoms with Gasteiger partial charge < -0.3 is 24.0 Å². The van der Waals surface area contributed by atoms with E-state index in [1.54, 1.807) is 5.57 Å². The van der Waals surface area contributed by atoms with Gasteiger partial charge in [0.2, 0.25) is 5.91 Å². The fourth-order valence-electron chi connectivity index (χ4n) is 14.9. The quantitative estimate of drug-likeness (QED) is 0.0262. The maximum atomic E-state index is 13.9. The molecule has 73 heavy (non-hydrogen) atoms. The fourth-order valence-corrected chi connectivity index (χ4v) is 14.9. The van der Waals surface area contributed by atoms with Crippen LogP contribution < -0.4 is 0 Å². The Bertz CT molecular complexity index is 1450. The Morgan fingerprint density at radius 1 is 0.603 bits per heavy atom. The van der Waals surface area contributed by atoms with Crippen molar-refractivity contribution >= 4 is 11.9 Å². The van der Waals surface area contributed by atoms with E-state index in [1.807, 2.05) is 0 Å². The number of esters is 1. The van der Waals surface area contributed by atoms with Gasteiger partial charge in [0.1, 0.15) is 6.10 Å². The lowest BCUT2D eigenvalue weighted by Gasteiger charge is -2.58. The largest absolute Gasteiger partial charge is 0.462 e. The third kappa shape index (κ3) is 23.2. The Morgan fingerprint density at radius 3 is 1.77 bits per heavy atom. The molecule has 7 heteroatoms. The summed E-state index contributed by atoms with van der Waals surface area (Å²) in [6.07, 6.45) is 47.7. The number of fused-ring (bicyclic) bond motifs is 5. The van der Waals surface area contributed by atoms with Gasteiger partial charge in [-0.05, 0) is 144 Å². The SMILES string of the molecule is CCCCCCCCCCCCOC(CCC(=O)N(CCCCCC(=O)OC1CCC2(C)C(=CCC3C2CCC2(C)C(C(C)CCCC(C)C)CCC32)C1)CCCN(C)C)OCCCCCCCCCCCC. The maximum absolute atomic E-state index is 13.9. The van der Waals surface area contributed by atoms with Crippen LogP contribution in [0.4, 0.5) is 0 Å². The highest BCUT2D eigenvalue weighted by Gasteiger charge is 2.59. The van der Waals surface area contributed by atoms with E-state index in [9.17, 15) is 9.59 Å². The van der Waals surface area contributed by atoms with Gasteiger partial charge >= 0.3 is 5.97 Å². The summed E-state index contributed by atoms with van der Waals surface area (Å²) in [7, 11) is 4.21. The van der Waals surface area contributed by atoms with Crippen LogP contribution in [0, 0.1) is 46.3 Å². The molecule has 0 N–H and O–H groups in total. The number of carbonyl (C=O) groups is 2. The van der Waals surface area contributed by atoms with E-state index in [-0.39, 0.29) is 29.7 Å². The minimum Gasteiger partial charge on any atom is -0.462 e. The van der Waals surface area contributed by atoms with Crippen LogP contribution in [-0.4, -0.2) is 81.0 Å². The lowest BCUT2D eigenvalue weighted by atomic mass is 9.47. The van der Waals surface area contributed by atoms with Crippen molar-refractivity contribution in [1.82, 2.24) is 9.80 Å². The lowest BCUT2D eigenvalue weighted by Crippen LogP contribution is -2.51. The minimum absolute atomic E-state index is 0.0196. The molecule has 1 amide bonds. The van der Waals surface area contributed by atoms with Crippen molar-refractivity contribution in [1.29, 1.82) is 0 Å². The predicted octanol–water partition coefficient (Wildman–Crippen LogP) is 18.3. The van der Waals surface area contributed by atoms with Crippen molar-refractivity contribution in [3.8, 4) is 0 Å². The second-order valence-corrected chi connectivity index (χ2v) is 26.1. The summed E-state index contributed by atoms with van der Waals surface area (Å²) in [5.74, 6) is 5.21. The second kappa shape index (κ2) is 36.6. The van der Waals surface area contributed by atoms with E-state index in [0.29, 0.717) is 37.9 Å². The van der Waals surface area contributed by atoms with Gasteiger partial charge in [0.25, 0.3) is 0 Å². The number of nitrogens with zero attached hydrogens (tertiary/aromatic N) is 2. The van der Waals surface area contributed by atoms with Crippen molar-refractivity contribution in [3.05, 3.63) is 11.6 Å². The van der Waals surface area contributed by atoms with Crippen molar-refractivity contribution in [3.63, 3.8) is 0 Å². The molecule has 0 aromatic carbocycles. The summed E-state index contributed by atoms with van der Waals surface area (Å²) in [4.78, 5) is 31.5. The zero-order chi connectivity index (χ0) is 52.7. The van der Waals surface area contributed by atoms with E-state index in [0.717, 1.165) is 113 Å². The van der Waals surface area contributed by atoms with Crippen LogP contribution in [0.3, 0.4) is 0 Å². The Morgan fingerprint density at radius 2 is 1.18 bits per heavy atom. The average Bonchev–Trinajstić information content (AvgIpc) is 3.72. The molecule has 0 radical (unpaired) electrons. The summed E-state index contributed by atoms with van der Waals surface area (Å²) in [6.45, 7) is 21.1. The molecule has 0 heterocycles. The first-order valence-electron chi connectivity index (χ1n) is 32.4. The van der Waals surface area contributed by atoms with Crippen LogP contribution >= 0.6 is 0 Å². The fraction of sp³-hybridized carbons (Fsp3) is 0.939. The number of hydrogen-bond donors (Lipinski definition) is 0. The van der Waals surface area contributed by atoms with Crippen molar-refractivity contribution in [2.75, 3.05) is 46.9 Å². The molecule has 3 saturated carbocycles. The molecular formula is C66H122N2O5. The minimum atomic E-state index is -0.318. The zero-order valence-electron chi connectivity index (χ0n) is 50.0. The average molecular weight is 1020 g/mol. The van der Waals surface area contributed by atoms with Crippen LogP contribution in [0.1, 0.15) is 292 Å². The van der Waals surface area contributed by atoms with Crippen molar-refractivity contribution < 1.29 is 23.8 Å². The van der Waals surface area contributed by atoms with Gasteiger partial charge in [-0.3, -0.25) is 9.59 Å². The first-order chi connectivity index (χ1) is 35.3. The molecule has 8 atom stereocenters. The van der Waals surface area contributed by atoms with Gasteiger partial charge in [-0.15, -0.1) is 0 Å². The molecule has 4 rings (SSSR count). The van der Waals surface area contributed by atoms with Gasteiger partial charge in [0, 0.05) is 52.0 Å². The van der Waals surface area contributed by atoms with Crippen LogP contribution in [0.2, 0.25) is 0 Å². The number of amides is 1. The monoisotopic (exact) mass is 1020 g/mol. The van der Waals surface area contributed by atoms with Crippen LogP contribution in [0.15, 0.2) is 11.6 Å². The Kier molecular flexibility index (Phi) is 32.1. The third-order valence-corrected chi connectivity index (χ3v) is 19.5. The van der Waals surface area contributed by atoms with Gasteiger partial charge in [0.05, 0.1) is 0 Å². The number of allylic oxidation sites excluding steroid dienone is 1. The van der Waals surface area contributed by atoms with Crippen LogP contribution in [0.5, 0.6) is 0 Å². The van der Waals surface area contributed by atoms with Gasteiger partial charge in [-0.1, -0.05) is 201 Å². The first-order valence-corrected chi connectivity index (χ1v) is 32.4. The summed E-state index contributed by atoms with van der Waals surface area (Å²) in [5.41, 5.74) is 2.38. The Balaban J connectivity index is 1.18. The second-order valence-electron chi connectivity index (χ2n) is 26.1. The summed E-state index contributed by atoms with van der Waals surface area (Å²) in [5, 5.41) is 0. The molecule has 4 aliphatic rings. The van der Waals surface area contributed by atoms with Gasteiger partial charge in [-0.25, -0.2) is 0 Å². The van der Waals surface area contributed by atoms with Gasteiger partial charge in [-0.2, -0.15) is 0 Å². The molecule has 0 aliphatic heterocycles. The summed E-state index contributed by atoms with van der Waals surface area (Å²) in [6, 6.07) is 0. The topological polar surface area (TPSA) is 68.3 Å². The molecule has 0 aromatic heterocycles. The smallest absolute Gasteiger partial charge is 0.306 e. The molecule has 0 aromatic rings. The lowest BCUT2D eigenvalue weighted by molar-refractivity contribution is -0.154. The van der Waals surface area contributed by atoms with E-state index < -0.39 is 0 Å². The molecule has 0 bridgehead atoms. The molecule has 7 nitrogen and oxygen atoms in total. The number of hydrogen-bond acceptors (Lipinski definition) is 6. The van der Waals surface area contributed by atoms with Crippen LogP contribution in [-0.2, 0) is 23.8 Å². The molecule has 0 spiro atoms. The number of ether oxygens (including phenoxy) is 3. The van der Waals surface area contributed by atoms with Crippen molar-refractivity contribution in [2.24, 2.45) is 46.3 Å². The maximum Gasteiger partial charge on any atom is 0.306 e. The molecule has 8 unspecified atom stereocenters. The van der Waals surface area contributed by atoms with Crippen molar-refractivity contribution in [2.45, 2.75) is 305 Å². The van der Waals surface area contributed by atoms with E-state index in [4.69, 9.17) is 14.2 Å². The Hall–Kier alpha value is -1.44. The zero-order valence-corrected chi connectivity index (χ0v) is 50.0. The van der Waals surface area contributed by atoms with Crippen LogP contribution in [0.25, 0.3) is 0 Å². The number of unbranched alkanes of at least 4 members (excludes halogenated alkanes) is 20. The number of rotatable bonds is 43. The van der Waals surface area contributed by atoms with Gasteiger partial charge in [0.15, 0.2) is 6.29 Å². The number of carbonyl (C=O) groups excluding carboxylic acids is 2. The predicted molar refractivity (Wildman–Crippen MR) is 310 cm³/mol. The highest BCUT2D eigenvalue weighted by molar-refractivity contribution is 5.76. The first kappa shape index (κ1) is 64.1. The van der Waals surface area contributed by atoms with E-state index >= 15 is 0 Å². The van der Waals surface area contributed by atoms with E-state index in [2.05, 4.69) is 78.4 Å². The highest BCUT2D eigenvalue weighted by atomic mass is 16.7.